The smallest absolute Gasteiger partial charge is 0.408 e. The van der Waals surface area contributed by atoms with E-state index in [2.05, 4.69) is 10.3 Å². The highest BCUT2D eigenvalue weighted by atomic mass is 19.1. The van der Waals surface area contributed by atoms with E-state index in [0.29, 0.717) is 0 Å². The van der Waals surface area contributed by atoms with Gasteiger partial charge in [-0.3, -0.25) is 4.79 Å². The minimum Gasteiger partial charge on any atom is -0.480 e. The number of halogens is 2. The number of rotatable bonds is 7. The van der Waals surface area contributed by atoms with Gasteiger partial charge in [0.05, 0.1) is 5.56 Å². The molecule has 1 heterocycles. The van der Waals surface area contributed by atoms with Gasteiger partial charge in [0, 0.05) is 6.42 Å². The van der Waals surface area contributed by atoms with Crippen molar-refractivity contribution in [2.45, 2.75) is 58.1 Å². The second-order valence-corrected chi connectivity index (χ2v) is 7.01. The van der Waals surface area contributed by atoms with Crippen LogP contribution in [0.5, 0.6) is 0 Å². The van der Waals surface area contributed by atoms with Crippen LogP contribution < -0.4 is 5.32 Å². The molecule has 9 heteroatoms. The number of aromatic nitrogens is 1. The van der Waals surface area contributed by atoms with Gasteiger partial charge in [0.1, 0.15) is 11.1 Å². The number of hydrogen-bond donors (Lipinski definition) is 2. The Morgan fingerprint density at radius 2 is 1.81 bits per heavy atom. The highest BCUT2D eigenvalue weighted by Gasteiger charge is 2.36. The predicted molar refractivity (Wildman–Crippen MR) is 87.7 cm³/mol. The van der Waals surface area contributed by atoms with Crippen LogP contribution in [-0.4, -0.2) is 39.1 Å². The van der Waals surface area contributed by atoms with E-state index in [1.165, 1.54) is 6.92 Å². The first-order chi connectivity index (χ1) is 11.8. The zero-order chi connectivity index (χ0) is 20.1. The summed E-state index contributed by atoms with van der Waals surface area (Å²) in [5.41, 5.74) is -2.84. The molecule has 0 aliphatic heterocycles. The third-order valence-electron chi connectivity index (χ3n) is 3.44. The fourth-order valence-electron chi connectivity index (χ4n) is 2.11. The summed E-state index contributed by atoms with van der Waals surface area (Å²) in [4.78, 5) is 38.2. The van der Waals surface area contributed by atoms with Crippen molar-refractivity contribution in [2.24, 2.45) is 0 Å². The molecular weight excluding hydrogens is 350 g/mol. The number of hydrogen-bond acceptors (Lipinski definition) is 5. The summed E-state index contributed by atoms with van der Waals surface area (Å²) < 4.78 is 31.3. The molecule has 0 spiro atoms. The Balaban J connectivity index is 2.69. The predicted octanol–water partition coefficient (Wildman–Crippen LogP) is 3.08. The SMILES string of the molecule is CC(C)(C)OC(=O)N[C@](C)(CCCC(=O)c1ccc(F)nc1F)C(=O)O. The molecule has 1 aromatic heterocycles. The van der Waals surface area contributed by atoms with Crippen LogP contribution in [0.2, 0.25) is 0 Å². The number of amides is 1. The number of pyridine rings is 1. The highest BCUT2D eigenvalue weighted by Crippen LogP contribution is 2.18. The first-order valence-corrected chi connectivity index (χ1v) is 7.94. The standard InChI is InChI=1S/C17H22F2N2O5/c1-16(2,3)26-15(25)21-17(4,14(23)24)9-5-6-11(22)10-7-8-12(18)20-13(10)19/h7-8H,5-6,9H2,1-4H3,(H,21,25)(H,23,24)/t17-/m1/s1. The molecule has 2 N–H and O–H groups in total. The first-order valence-electron chi connectivity index (χ1n) is 7.94. The van der Waals surface area contributed by atoms with Crippen molar-refractivity contribution in [1.82, 2.24) is 10.3 Å². The molecule has 1 rings (SSSR count). The van der Waals surface area contributed by atoms with Crippen LogP contribution in [0.1, 0.15) is 57.3 Å². The molecule has 7 nitrogen and oxygen atoms in total. The zero-order valence-electron chi connectivity index (χ0n) is 15.1. The van der Waals surface area contributed by atoms with Gasteiger partial charge in [-0.1, -0.05) is 0 Å². The summed E-state index contributed by atoms with van der Waals surface area (Å²) >= 11 is 0. The van der Waals surface area contributed by atoms with E-state index in [4.69, 9.17) is 4.74 Å². The molecule has 1 aromatic rings. The van der Waals surface area contributed by atoms with Crippen molar-refractivity contribution in [3.63, 3.8) is 0 Å². The molecule has 1 amide bonds. The molecule has 0 bridgehead atoms. The van der Waals surface area contributed by atoms with Gasteiger partial charge in [0.15, 0.2) is 5.78 Å². The van der Waals surface area contributed by atoms with Crippen LogP contribution in [0.25, 0.3) is 0 Å². The molecule has 1 atom stereocenters. The summed E-state index contributed by atoms with van der Waals surface area (Å²) in [5.74, 6) is -4.20. The molecule has 0 fully saturated rings. The fourth-order valence-corrected chi connectivity index (χ4v) is 2.11. The van der Waals surface area contributed by atoms with Crippen molar-refractivity contribution in [1.29, 1.82) is 0 Å². The third kappa shape index (κ3) is 6.38. The second kappa shape index (κ2) is 8.20. The largest absolute Gasteiger partial charge is 0.480 e. The fraction of sp³-hybridized carbons (Fsp3) is 0.529. The lowest BCUT2D eigenvalue weighted by atomic mass is 9.93. The summed E-state index contributed by atoms with van der Waals surface area (Å²) in [6, 6.07) is 1.84. The van der Waals surface area contributed by atoms with Crippen molar-refractivity contribution in [3.8, 4) is 0 Å². The molecular formula is C17H22F2N2O5. The van der Waals surface area contributed by atoms with Crippen LogP contribution in [-0.2, 0) is 9.53 Å². The number of nitrogens with one attached hydrogen (secondary N) is 1. The Morgan fingerprint density at radius 3 is 2.31 bits per heavy atom. The lowest BCUT2D eigenvalue weighted by Gasteiger charge is -2.28. The summed E-state index contributed by atoms with van der Waals surface area (Å²) in [6.07, 6.45) is -1.14. The van der Waals surface area contributed by atoms with E-state index in [1.54, 1.807) is 20.8 Å². The highest BCUT2D eigenvalue weighted by molar-refractivity contribution is 5.96. The van der Waals surface area contributed by atoms with Crippen molar-refractivity contribution < 1.29 is 33.0 Å². The van der Waals surface area contributed by atoms with Gasteiger partial charge in [0.2, 0.25) is 11.9 Å². The van der Waals surface area contributed by atoms with Crippen molar-refractivity contribution >= 4 is 17.8 Å². The lowest BCUT2D eigenvalue weighted by molar-refractivity contribution is -0.144. The van der Waals surface area contributed by atoms with E-state index in [-0.39, 0.29) is 24.8 Å². The number of nitrogens with zero attached hydrogens (tertiary/aromatic N) is 1. The van der Waals surface area contributed by atoms with E-state index < -0.39 is 40.9 Å². The molecule has 0 unspecified atom stereocenters. The van der Waals surface area contributed by atoms with Crippen LogP contribution in [0.4, 0.5) is 13.6 Å². The quantitative estimate of drug-likeness (QED) is 0.563. The molecule has 0 saturated carbocycles. The summed E-state index contributed by atoms with van der Waals surface area (Å²) in [5, 5.41) is 11.6. The number of ether oxygens (including phenoxy) is 1. The van der Waals surface area contributed by atoms with Crippen LogP contribution in [0.15, 0.2) is 12.1 Å². The zero-order valence-corrected chi connectivity index (χ0v) is 15.1. The molecule has 26 heavy (non-hydrogen) atoms. The Labute approximate surface area is 149 Å². The number of carboxylic acid groups (broad SMARTS) is 1. The first kappa shape index (κ1) is 21.5. The lowest BCUT2D eigenvalue weighted by Crippen LogP contribution is -2.53. The van der Waals surface area contributed by atoms with Crippen LogP contribution in [0, 0.1) is 11.9 Å². The summed E-state index contributed by atoms with van der Waals surface area (Å²) in [7, 11) is 0. The average Bonchev–Trinajstić information content (AvgIpc) is 2.44. The second-order valence-electron chi connectivity index (χ2n) is 7.01. The van der Waals surface area contributed by atoms with Gasteiger partial charge in [-0.25, -0.2) is 9.59 Å². The Kier molecular flexibility index (Phi) is 6.77. The van der Waals surface area contributed by atoms with Gasteiger partial charge in [0.25, 0.3) is 0 Å². The van der Waals surface area contributed by atoms with Crippen LogP contribution in [0.3, 0.4) is 0 Å². The summed E-state index contributed by atoms with van der Waals surface area (Å²) in [6.45, 7) is 6.18. The van der Waals surface area contributed by atoms with Gasteiger partial charge in [-0.05, 0) is 52.7 Å². The molecule has 0 aromatic carbocycles. The monoisotopic (exact) mass is 372 g/mol. The van der Waals surface area contributed by atoms with Crippen molar-refractivity contribution in [3.05, 3.63) is 29.6 Å². The number of aliphatic carboxylic acids is 1. The maximum Gasteiger partial charge on any atom is 0.408 e. The van der Waals surface area contributed by atoms with E-state index in [1.807, 2.05) is 0 Å². The topological polar surface area (TPSA) is 106 Å². The van der Waals surface area contributed by atoms with Gasteiger partial charge in [-0.15, -0.1) is 0 Å². The number of carbonyl (C=O) groups is 3. The maximum absolute atomic E-state index is 13.5. The maximum atomic E-state index is 13.5. The Hall–Kier alpha value is -2.58. The van der Waals surface area contributed by atoms with E-state index in [9.17, 15) is 28.3 Å². The molecule has 144 valence electrons. The molecule has 0 radical (unpaired) electrons. The minimum atomic E-state index is -1.66. The normalized spacial score (nSPS) is 13.6. The van der Waals surface area contributed by atoms with E-state index >= 15 is 0 Å². The average molecular weight is 372 g/mol. The molecule has 0 aliphatic rings. The van der Waals surface area contributed by atoms with Gasteiger partial charge < -0.3 is 15.2 Å². The Morgan fingerprint density at radius 1 is 1.19 bits per heavy atom. The van der Waals surface area contributed by atoms with Gasteiger partial charge in [-0.2, -0.15) is 13.8 Å². The third-order valence-corrected chi connectivity index (χ3v) is 3.44. The number of carboxylic acids is 1. The molecule has 0 saturated heterocycles. The number of alkyl carbamates (subject to hydrolysis) is 1. The molecule has 0 aliphatic carbocycles. The van der Waals surface area contributed by atoms with Gasteiger partial charge >= 0.3 is 12.1 Å². The number of Topliss-reactive ketones (excluding diaryl/α,β-unsaturated/α-hetero) is 1. The van der Waals surface area contributed by atoms with Crippen molar-refractivity contribution in [2.75, 3.05) is 0 Å². The van der Waals surface area contributed by atoms with E-state index in [0.717, 1.165) is 12.1 Å². The van der Waals surface area contributed by atoms with Crippen LogP contribution >= 0.6 is 0 Å². The number of carbonyl (C=O) groups excluding carboxylic acids is 2. The Bertz CT molecular complexity index is 703. The number of ketones is 1. The minimum absolute atomic E-state index is 0.0498.